The maximum atomic E-state index is 12.8. The van der Waals surface area contributed by atoms with Gasteiger partial charge in [0.2, 0.25) is 0 Å². The largest absolute Gasteiger partial charge is 0.462 e. The molecule has 0 aliphatic heterocycles. The molecule has 1 aliphatic carbocycles. The molecule has 0 bridgehead atoms. The molecule has 0 unspecified atom stereocenters. The normalized spacial score (nSPS) is 14.5. The Morgan fingerprint density at radius 3 is 2.72 bits per heavy atom. The van der Waals surface area contributed by atoms with Crippen molar-refractivity contribution in [3.05, 3.63) is 47.7 Å². The van der Waals surface area contributed by atoms with Crippen LogP contribution in [-0.4, -0.2) is 30.5 Å². The van der Waals surface area contributed by atoms with Crippen molar-refractivity contribution in [2.75, 3.05) is 18.6 Å². The number of carbonyl (C=O) groups excluding carboxylic acids is 2. The molecular formula is C19H22N2O4. The number of nitrogens with zero attached hydrogens (tertiary/aromatic N) is 2. The van der Waals surface area contributed by atoms with Crippen molar-refractivity contribution in [1.29, 1.82) is 0 Å². The average molecular weight is 342 g/mol. The van der Waals surface area contributed by atoms with Crippen molar-refractivity contribution in [3.63, 3.8) is 0 Å². The van der Waals surface area contributed by atoms with E-state index in [1.165, 1.54) is 24.0 Å². The summed E-state index contributed by atoms with van der Waals surface area (Å²) in [4.78, 5) is 30.7. The second-order valence-corrected chi connectivity index (χ2v) is 6.15. The van der Waals surface area contributed by atoms with Crippen LogP contribution in [0.2, 0.25) is 0 Å². The van der Waals surface area contributed by atoms with Gasteiger partial charge in [0.15, 0.2) is 11.6 Å². The van der Waals surface area contributed by atoms with Gasteiger partial charge in [0.1, 0.15) is 6.26 Å². The van der Waals surface area contributed by atoms with Gasteiger partial charge < -0.3 is 14.1 Å². The van der Waals surface area contributed by atoms with Crippen LogP contribution in [0.1, 0.15) is 65.3 Å². The molecule has 0 N–H and O–H groups in total. The fourth-order valence-electron chi connectivity index (χ4n) is 3.17. The zero-order chi connectivity index (χ0) is 17.8. The number of para-hydroxylation sites is 1. The van der Waals surface area contributed by atoms with Crippen LogP contribution in [0.5, 0.6) is 0 Å². The standard InChI is InChI=1S/C19H22N2O4/c1-3-24-19(23)14-10-6-7-11-16(14)21(2)18(22)15-12-25-17(20-15)13-8-4-5-9-13/h6-7,10-13H,3-5,8-9H2,1-2H3. The monoisotopic (exact) mass is 342 g/mol. The van der Waals surface area contributed by atoms with Gasteiger partial charge in [-0.15, -0.1) is 0 Å². The van der Waals surface area contributed by atoms with E-state index in [9.17, 15) is 9.59 Å². The van der Waals surface area contributed by atoms with Crippen LogP contribution >= 0.6 is 0 Å². The van der Waals surface area contributed by atoms with Crippen molar-refractivity contribution < 1.29 is 18.7 Å². The summed E-state index contributed by atoms with van der Waals surface area (Å²) in [7, 11) is 1.62. The highest BCUT2D eigenvalue weighted by atomic mass is 16.5. The molecule has 6 heteroatoms. The molecular weight excluding hydrogens is 320 g/mol. The molecule has 1 heterocycles. The van der Waals surface area contributed by atoms with E-state index in [2.05, 4.69) is 4.98 Å². The Morgan fingerprint density at radius 2 is 2.00 bits per heavy atom. The maximum absolute atomic E-state index is 12.8. The average Bonchev–Trinajstić information content (AvgIpc) is 3.32. The Kier molecular flexibility index (Phi) is 5.16. The molecule has 3 rings (SSSR count). The molecule has 1 aliphatic rings. The number of hydrogen-bond donors (Lipinski definition) is 0. The number of anilines is 1. The highest BCUT2D eigenvalue weighted by Gasteiger charge is 2.26. The van der Waals surface area contributed by atoms with E-state index in [0.717, 1.165) is 12.8 Å². The van der Waals surface area contributed by atoms with Gasteiger partial charge in [-0.1, -0.05) is 25.0 Å². The van der Waals surface area contributed by atoms with Crippen LogP contribution in [0, 0.1) is 0 Å². The van der Waals surface area contributed by atoms with Gasteiger partial charge >= 0.3 is 5.97 Å². The van der Waals surface area contributed by atoms with E-state index in [1.54, 1.807) is 38.2 Å². The molecule has 2 aromatic rings. The summed E-state index contributed by atoms with van der Waals surface area (Å²) in [6, 6.07) is 6.86. The minimum absolute atomic E-state index is 0.253. The molecule has 132 valence electrons. The smallest absolute Gasteiger partial charge is 0.340 e. The Bertz CT molecular complexity index is 762. The molecule has 1 amide bonds. The summed E-state index contributed by atoms with van der Waals surface area (Å²) in [6.07, 6.45) is 5.84. The first-order valence-electron chi connectivity index (χ1n) is 8.61. The summed E-state index contributed by atoms with van der Waals surface area (Å²) in [5.41, 5.74) is 1.08. The molecule has 0 radical (unpaired) electrons. The summed E-state index contributed by atoms with van der Waals surface area (Å²) >= 11 is 0. The van der Waals surface area contributed by atoms with Crippen LogP contribution in [0.4, 0.5) is 5.69 Å². The van der Waals surface area contributed by atoms with Gasteiger partial charge in [-0.2, -0.15) is 0 Å². The lowest BCUT2D eigenvalue weighted by Crippen LogP contribution is -2.28. The van der Waals surface area contributed by atoms with Gasteiger partial charge in [0, 0.05) is 13.0 Å². The number of amides is 1. The molecule has 0 saturated heterocycles. The third kappa shape index (κ3) is 3.57. The first kappa shape index (κ1) is 17.2. The van der Waals surface area contributed by atoms with Crippen LogP contribution < -0.4 is 4.90 Å². The van der Waals surface area contributed by atoms with E-state index in [0.29, 0.717) is 23.1 Å². The molecule has 1 saturated carbocycles. The van der Waals surface area contributed by atoms with Crippen molar-refractivity contribution in [3.8, 4) is 0 Å². The number of carbonyl (C=O) groups is 2. The molecule has 6 nitrogen and oxygen atoms in total. The number of hydrogen-bond acceptors (Lipinski definition) is 5. The molecule has 25 heavy (non-hydrogen) atoms. The molecule has 1 fully saturated rings. The number of benzene rings is 1. The van der Waals surface area contributed by atoms with Crippen molar-refractivity contribution >= 4 is 17.6 Å². The summed E-state index contributed by atoms with van der Waals surface area (Å²) in [5.74, 6) is 0.167. The molecule has 0 spiro atoms. The fourth-order valence-corrected chi connectivity index (χ4v) is 3.17. The Hall–Kier alpha value is -2.63. The fraction of sp³-hybridized carbons (Fsp3) is 0.421. The van der Waals surface area contributed by atoms with Gasteiger partial charge in [-0.3, -0.25) is 4.79 Å². The maximum Gasteiger partial charge on any atom is 0.340 e. The first-order chi connectivity index (χ1) is 12.1. The molecule has 1 aromatic carbocycles. The highest BCUT2D eigenvalue weighted by molar-refractivity contribution is 6.08. The van der Waals surface area contributed by atoms with E-state index in [4.69, 9.17) is 9.15 Å². The molecule has 1 aromatic heterocycles. The minimum Gasteiger partial charge on any atom is -0.462 e. The SMILES string of the molecule is CCOC(=O)c1ccccc1N(C)C(=O)c1coc(C2CCCC2)n1. The van der Waals surface area contributed by atoms with Crippen LogP contribution in [0.3, 0.4) is 0 Å². The third-order valence-corrected chi connectivity index (χ3v) is 4.51. The summed E-state index contributed by atoms with van der Waals surface area (Å²) in [5, 5.41) is 0. The zero-order valence-electron chi connectivity index (χ0n) is 14.5. The minimum atomic E-state index is -0.454. The van der Waals surface area contributed by atoms with E-state index >= 15 is 0 Å². The Labute approximate surface area is 146 Å². The van der Waals surface area contributed by atoms with Crippen LogP contribution in [0.25, 0.3) is 0 Å². The van der Waals surface area contributed by atoms with Crippen LogP contribution in [-0.2, 0) is 4.74 Å². The lowest BCUT2D eigenvalue weighted by atomic mass is 10.1. The number of rotatable bonds is 5. The van der Waals surface area contributed by atoms with Gasteiger partial charge in [0.25, 0.3) is 5.91 Å². The Balaban J connectivity index is 1.82. The van der Waals surface area contributed by atoms with Crippen LogP contribution in [0.15, 0.2) is 34.9 Å². The predicted molar refractivity (Wildman–Crippen MR) is 92.8 cm³/mol. The number of ether oxygens (including phenoxy) is 1. The zero-order valence-corrected chi connectivity index (χ0v) is 14.5. The quantitative estimate of drug-likeness (QED) is 0.773. The first-order valence-corrected chi connectivity index (χ1v) is 8.61. The third-order valence-electron chi connectivity index (χ3n) is 4.51. The number of aromatic nitrogens is 1. The van der Waals surface area contributed by atoms with Crippen molar-refractivity contribution in [2.24, 2.45) is 0 Å². The second kappa shape index (κ2) is 7.51. The summed E-state index contributed by atoms with van der Waals surface area (Å²) < 4.78 is 10.6. The van der Waals surface area contributed by atoms with Gasteiger partial charge in [-0.25, -0.2) is 9.78 Å². The second-order valence-electron chi connectivity index (χ2n) is 6.15. The lowest BCUT2D eigenvalue weighted by molar-refractivity contribution is 0.0527. The van der Waals surface area contributed by atoms with E-state index < -0.39 is 5.97 Å². The summed E-state index contributed by atoms with van der Waals surface area (Å²) in [6.45, 7) is 2.02. The highest BCUT2D eigenvalue weighted by Crippen LogP contribution is 2.33. The number of esters is 1. The lowest BCUT2D eigenvalue weighted by Gasteiger charge is -2.18. The van der Waals surface area contributed by atoms with E-state index in [1.807, 2.05) is 0 Å². The van der Waals surface area contributed by atoms with Gasteiger partial charge in [-0.05, 0) is 31.9 Å². The van der Waals surface area contributed by atoms with Crippen molar-refractivity contribution in [2.45, 2.75) is 38.5 Å². The predicted octanol–water partition coefficient (Wildman–Crippen LogP) is 3.79. The number of oxazole rings is 1. The van der Waals surface area contributed by atoms with E-state index in [-0.39, 0.29) is 18.2 Å². The molecule has 0 atom stereocenters. The Morgan fingerprint density at radius 1 is 1.28 bits per heavy atom. The van der Waals surface area contributed by atoms with Crippen molar-refractivity contribution in [1.82, 2.24) is 4.98 Å². The van der Waals surface area contributed by atoms with Gasteiger partial charge in [0.05, 0.1) is 17.9 Å². The topological polar surface area (TPSA) is 72.6 Å².